The fourth-order valence-electron chi connectivity index (χ4n) is 2.15. The molecule has 0 N–H and O–H groups in total. The minimum absolute atomic E-state index is 0.252. The van der Waals surface area contributed by atoms with Gasteiger partial charge in [0.25, 0.3) is 0 Å². The van der Waals surface area contributed by atoms with Crippen molar-refractivity contribution in [2.45, 2.75) is 44.5 Å². The Bertz CT molecular complexity index is 382. The molecule has 1 aromatic heterocycles. The van der Waals surface area contributed by atoms with Crippen molar-refractivity contribution in [3.8, 4) is 5.75 Å². The summed E-state index contributed by atoms with van der Waals surface area (Å²) in [4.78, 5) is 4.82. The number of alkyl halides is 1. The molecule has 3 heteroatoms. The highest BCUT2D eigenvalue weighted by molar-refractivity contribution is 9.09. The lowest BCUT2D eigenvalue weighted by molar-refractivity contribution is -0.0249. The molecule has 1 aromatic rings. The van der Waals surface area contributed by atoms with Crippen LogP contribution in [0.5, 0.6) is 5.75 Å². The molecule has 0 aromatic carbocycles. The number of ether oxygens (including phenoxy) is 1. The first-order chi connectivity index (χ1) is 7.58. The maximum atomic E-state index is 6.07. The zero-order valence-corrected chi connectivity index (χ0v) is 11.6. The summed E-state index contributed by atoms with van der Waals surface area (Å²) in [6.07, 6.45) is 4.32. The Kier molecular flexibility index (Phi) is 3.24. The maximum Gasteiger partial charge on any atom is 0.140 e. The van der Waals surface area contributed by atoms with Crippen molar-refractivity contribution >= 4 is 15.9 Å². The van der Waals surface area contributed by atoms with Gasteiger partial charge in [0.1, 0.15) is 11.9 Å². The maximum absolute atomic E-state index is 6.07. The minimum Gasteiger partial charge on any atom is -0.488 e. The van der Waals surface area contributed by atoms with E-state index in [2.05, 4.69) is 34.8 Å². The van der Waals surface area contributed by atoms with Gasteiger partial charge in [0.15, 0.2) is 0 Å². The second-order valence-electron chi connectivity index (χ2n) is 4.76. The van der Waals surface area contributed by atoms with Crippen LogP contribution in [0.3, 0.4) is 0 Å². The summed E-state index contributed by atoms with van der Waals surface area (Å²) in [6.45, 7) is 6.50. The summed E-state index contributed by atoms with van der Waals surface area (Å²) in [5, 5.41) is 0. The molecule has 0 aliphatic heterocycles. The molecule has 0 bridgehead atoms. The zero-order valence-electron chi connectivity index (χ0n) is 10.0. The molecule has 1 aliphatic carbocycles. The Morgan fingerprint density at radius 1 is 1.62 bits per heavy atom. The molecular weight excluding hydrogens is 266 g/mol. The summed E-state index contributed by atoms with van der Waals surface area (Å²) >= 11 is 3.72. The fraction of sp³-hybridized carbons (Fsp3) is 0.615. The summed E-state index contributed by atoms with van der Waals surface area (Å²) in [7, 11) is 0. The van der Waals surface area contributed by atoms with Crippen molar-refractivity contribution in [2.75, 3.05) is 0 Å². The van der Waals surface area contributed by atoms with Crippen LogP contribution in [0.4, 0.5) is 0 Å². The van der Waals surface area contributed by atoms with E-state index in [4.69, 9.17) is 4.74 Å². The Morgan fingerprint density at radius 2 is 2.38 bits per heavy atom. The normalized spacial score (nSPS) is 33.2. The van der Waals surface area contributed by atoms with Crippen molar-refractivity contribution in [1.29, 1.82) is 0 Å². The molecule has 0 saturated heterocycles. The lowest BCUT2D eigenvalue weighted by Crippen LogP contribution is -2.54. The lowest BCUT2D eigenvalue weighted by atomic mass is 9.65. The van der Waals surface area contributed by atoms with E-state index < -0.39 is 0 Å². The highest BCUT2D eigenvalue weighted by Gasteiger charge is 2.50. The van der Waals surface area contributed by atoms with Gasteiger partial charge >= 0.3 is 0 Å². The Labute approximate surface area is 106 Å². The van der Waals surface area contributed by atoms with E-state index in [1.54, 1.807) is 6.20 Å². The first-order valence-corrected chi connectivity index (χ1v) is 6.72. The van der Waals surface area contributed by atoms with E-state index in [0.29, 0.717) is 10.9 Å². The van der Waals surface area contributed by atoms with Crippen molar-refractivity contribution in [1.82, 2.24) is 4.98 Å². The largest absolute Gasteiger partial charge is 0.488 e. The molecule has 3 unspecified atom stereocenters. The summed E-state index contributed by atoms with van der Waals surface area (Å²) in [6, 6.07) is 3.93. The second-order valence-corrected chi connectivity index (χ2v) is 5.86. The van der Waals surface area contributed by atoms with Crippen molar-refractivity contribution in [2.24, 2.45) is 5.41 Å². The van der Waals surface area contributed by atoms with Gasteiger partial charge < -0.3 is 4.74 Å². The molecule has 88 valence electrons. The predicted molar refractivity (Wildman–Crippen MR) is 69.1 cm³/mol. The smallest absolute Gasteiger partial charge is 0.140 e. The van der Waals surface area contributed by atoms with Gasteiger partial charge in [-0.05, 0) is 31.9 Å². The summed E-state index contributed by atoms with van der Waals surface area (Å²) < 4.78 is 6.07. The first kappa shape index (κ1) is 11.9. The van der Waals surface area contributed by atoms with E-state index in [1.807, 2.05) is 19.1 Å². The van der Waals surface area contributed by atoms with Crippen LogP contribution in [0.25, 0.3) is 0 Å². The summed E-state index contributed by atoms with van der Waals surface area (Å²) in [5.74, 6) is 0.923. The number of rotatable bonds is 3. The second kappa shape index (κ2) is 4.36. The number of hydrogen-bond acceptors (Lipinski definition) is 2. The summed E-state index contributed by atoms with van der Waals surface area (Å²) in [5.41, 5.74) is 1.22. The Hall–Kier alpha value is -0.570. The third kappa shape index (κ3) is 1.86. The fourth-order valence-corrected chi connectivity index (χ4v) is 3.10. The van der Waals surface area contributed by atoms with E-state index in [1.165, 1.54) is 0 Å². The van der Waals surface area contributed by atoms with Gasteiger partial charge in [-0.2, -0.15) is 0 Å². The van der Waals surface area contributed by atoms with Gasteiger partial charge in [0.2, 0.25) is 0 Å². The molecule has 3 atom stereocenters. The third-order valence-electron chi connectivity index (χ3n) is 3.86. The molecule has 0 radical (unpaired) electrons. The van der Waals surface area contributed by atoms with Crippen LogP contribution in [-0.2, 0) is 0 Å². The number of hydrogen-bond donors (Lipinski definition) is 0. The molecule has 16 heavy (non-hydrogen) atoms. The minimum atomic E-state index is 0.252. The Balaban J connectivity index is 2.10. The molecule has 1 saturated carbocycles. The zero-order chi connectivity index (χ0) is 11.8. The van der Waals surface area contributed by atoms with Crippen LogP contribution in [0.2, 0.25) is 0 Å². The molecule has 2 rings (SSSR count). The van der Waals surface area contributed by atoms with Crippen molar-refractivity contribution in [3.63, 3.8) is 0 Å². The van der Waals surface area contributed by atoms with Crippen LogP contribution in [0.15, 0.2) is 18.3 Å². The molecular formula is C13H18BrNO. The quantitative estimate of drug-likeness (QED) is 0.789. The van der Waals surface area contributed by atoms with E-state index in [9.17, 15) is 0 Å². The lowest BCUT2D eigenvalue weighted by Gasteiger charge is -2.50. The van der Waals surface area contributed by atoms with E-state index in [-0.39, 0.29) is 5.41 Å². The number of aromatic nitrogens is 1. The highest BCUT2D eigenvalue weighted by Crippen LogP contribution is 2.50. The van der Waals surface area contributed by atoms with Crippen molar-refractivity contribution < 1.29 is 4.74 Å². The highest BCUT2D eigenvalue weighted by atomic mass is 79.9. The van der Waals surface area contributed by atoms with Crippen LogP contribution >= 0.6 is 15.9 Å². The van der Waals surface area contributed by atoms with Gasteiger partial charge in [0, 0.05) is 16.4 Å². The molecule has 0 spiro atoms. The number of pyridine rings is 1. The van der Waals surface area contributed by atoms with Gasteiger partial charge in [-0.3, -0.25) is 4.98 Å². The SMILES string of the molecule is CCC1(C)C(Br)CC1Oc1cccnc1C. The average molecular weight is 284 g/mol. The Morgan fingerprint density at radius 3 is 2.94 bits per heavy atom. The van der Waals surface area contributed by atoms with Gasteiger partial charge in [-0.25, -0.2) is 0 Å². The van der Waals surface area contributed by atoms with Gasteiger partial charge in [0.05, 0.1) is 5.69 Å². The topological polar surface area (TPSA) is 22.1 Å². The van der Waals surface area contributed by atoms with E-state index >= 15 is 0 Å². The third-order valence-corrected chi connectivity index (χ3v) is 5.28. The van der Waals surface area contributed by atoms with Crippen LogP contribution in [0.1, 0.15) is 32.4 Å². The van der Waals surface area contributed by atoms with Gasteiger partial charge in [-0.15, -0.1) is 0 Å². The monoisotopic (exact) mass is 283 g/mol. The molecule has 1 heterocycles. The predicted octanol–water partition coefficient (Wildman–Crippen LogP) is 3.72. The van der Waals surface area contributed by atoms with Crippen LogP contribution in [0, 0.1) is 12.3 Å². The average Bonchev–Trinajstić information content (AvgIpc) is 2.30. The standard InChI is InChI=1S/C13H18BrNO/c1-4-13(3)11(14)8-12(13)16-10-6-5-7-15-9(10)2/h5-7,11-12H,4,8H2,1-3H3. The molecule has 2 nitrogen and oxygen atoms in total. The molecule has 1 fully saturated rings. The molecule has 1 aliphatic rings. The van der Waals surface area contributed by atoms with Crippen LogP contribution in [-0.4, -0.2) is 15.9 Å². The van der Waals surface area contributed by atoms with Crippen LogP contribution < -0.4 is 4.74 Å². The van der Waals surface area contributed by atoms with Gasteiger partial charge in [-0.1, -0.05) is 29.8 Å². The van der Waals surface area contributed by atoms with E-state index in [0.717, 1.165) is 24.3 Å². The van der Waals surface area contributed by atoms with Crippen molar-refractivity contribution in [3.05, 3.63) is 24.0 Å². The number of aryl methyl sites for hydroxylation is 1. The number of nitrogens with zero attached hydrogens (tertiary/aromatic N) is 1. The molecule has 0 amide bonds. The first-order valence-electron chi connectivity index (χ1n) is 5.80. The number of halogens is 1.